The highest BCUT2D eigenvalue weighted by Gasteiger charge is 2.01. The normalized spacial score (nSPS) is 9.18. The molecule has 2 heteroatoms. The Morgan fingerprint density at radius 3 is 2.82 bits per heavy atom. The van der Waals surface area contributed by atoms with E-state index in [1.165, 1.54) is 0 Å². The van der Waals surface area contributed by atoms with Crippen LogP contribution in [0.25, 0.3) is 0 Å². The molecule has 0 atom stereocenters. The maximum atomic E-state index is 5.91. The van der Waals surface area contributed by atoms with Crippen molar-refractivity contribution in [3.63, 3.8) is 0 Å². The standard InChI is InChI=1S/C9H6ClI/c1-2-4-7-8(10)5-3-6-9(7)11/h1,3,5-6H,4H2. The van der Waals surface area contributed by atoms with Gasteiger partial charge >= 0.3 is 0 Å². The fourth-order valence-electron chi connectivity index (χ4n) is 0.803. The summed E-state index contributed by atoms with van der Waals surface area (Å²) in [5.41, 5.74) is 1.05. The van der Waals surface area contributed by atoms with Crippen molar-refractivity contribution in [3.05, 3.63) is 32.4 Å². The SMILES string of the molecule is C#CCc1c(Cl)cccc1I. The largest absolute Gasteiger partial charge is 0.120 e. The average Bonchev–Trinajstić information content (AvgIpc) is 1.97. The molecule has 0 heterocycles. The van der Waals surface area contributed by atoms with Crippen LogP contribution in [-0.4, -0.2) is 0 Å². The number of hydrogen-bond acceptors (Lipinski definition) is 0. The van der Waals surface area contributed by atoms with E-state index >= 15 is 0 Å². The lowest BCUT2D eigenvalue weighted by atomic mass is 10.2. The maximum Gasteiger partial charge on any atom is 0.0458 e. The molecule has 0 aromatic heterocycles. The first-order valence-corrected chi connectivity index (χ1v) is 4.57. The van der Waals surface area contributed by atoms with Gasteiger partial charge in [0.05, 0.1) is 0 Å². The zero-order valence-corrected chi connectivity index (χ0v) is 8.69. The quantitative estimate of drug-likeness (QED) is 0.546. The smallest absolute Gasteiger partial charge is 0.0458 e. The van der Waals surface area contributed by atoms with E-state index in [4.69, 9.17) is 18.0 Å². The number of halogens is 2. The minimum absolute atomic E-state index is 0.609. The van der Waals surface area contributed by atoms with Crippen LogP contribution >= 0.6 is 34.2 Å². The van der Waals surface area contributed by atoms with Crippen LogP contribution < -0.4 is 0 Å². The molecule has 0 aliphatic rings. The minimum Gasteiger partial charge on any atom is -0.120 e. The van der Waals surface area contributed by atoms with Crippen LogP contribution in [0.4, 0.5) is 0 Å². The Morgan fingerprint density at radius 2 is 2.27 bits per heavy atom. The van der Waals surface area contributed by atoms with Gasteiger partial charge in [-0.05, 0) is 40.3 Å². The number of rotatable bonds is 1. The van der Waals surface area contributed by atoms with Crippen molar-refractivity contribution in [1.29, 1.82) is 0 Å². The molecule has 0 spiro atoms. The molecule has 56 valence electrons. The van der Waals surface area contributed by atoms with Gasteiger partial charge in [-0.1, -0.05) is 17.7 Å². The zero-order valence-electron chi connectivity index (χ0n) is 5.77. The van der Waals surface area contributed by atoms with Crippen molar-refractivity contribution in [1.82, 2.24) is 0 Å². The van der Waals surface area contributed by atoms with Gasteiger partial charge in [0.2, 0.25) is 0 Å². The summed E-state index contributed by atoms with van der Waals surface area (Å²) in [6.45, 7) is 0. The van der Waals surface area contributed by atoms with E-state index in [2.05, 4.69) is 28.5 Å². The van der Waals surface area contributed by atoms with Crippen LogP contribution in [0.2, 0.25) is 5.02 Å². The lowest BCUT2D eigenvalue weighted by molar-refractivity contribution is 1.29. The molecule has 0 bridgehead atoms. The van der Waals surface area contributed by atoms with Crippen LogP contribution in [-0.2, 0) is 6.42 Å². The van der Waals surface area contributed by atoms with E-state index in [1.54, 1.807) is 0 Å². The van der Waals surface area contributed by atoms with Crippen molar-refractivity contribution in [2.45, 2.75) is 6.42 Å². The molecule has 0 unspecified atom stereocenters. The van der Waals surface area contributed by atoms with E-state index in [1.807, 2.05) is 18.2 Å². The molecule has 0 radical (unpaired) electrons. The first-order chi connectivity index (χ1) is 5.25. The highest BCUT2D eigenvalue weighted by Crippen LogP contribution is 2.21. The summed E-state index contributed by atoms with van der Waals surface area (Å²) in [6.07, 6.45) is 5.80. The Labute approximate surface area is 85.1 Å². The van der Waals surface area contributed by atoms with Crippen molar-refractivity contribution in [2.24, 2.45) is 0 Å². The fourth-order valence-corrected chi connectivity index (χ4v) is 1.89. The van der Waals surface area contributed by atoms with Gasteiger partial charge in [-0.3, -0.25) is 0 Å². The first-order valence-electron chi connectivity index (χ1n) is 3.12. The number of terminal acetylenes is 1. The predicted octanol–water partition coefficient (Wildman–Crippen LogP) is 3.12. The lowest BCUT2D eigenvalue weighted by Gasteiger charge is -2.01. The first kappa shape index (κ1) is 8.89. The summed E-state index contributed by atoms with van der Waals surface area (Å²) in [6, 6.07) is 5.78. The Hall–Kier alpha value is -0.200. The Morgan fingerprint density at radius 1 is 1.55 bits per heavy atom. The van der Waals surface area contributed by atoms with Crippen molar-refractivity contribution < 1.29 is 0 Å². The monoisotopic (exact) mass is 276 g/mol. The van der Waals surface area contributed by atoms with Gasteiger partial charge in [0.15, 0.2) is 0 Å². The van der Waals surface area contributed by atoms with E-state index in [0.717, 1.165) is 14.2 Å². The Kier molecular flexibility index (Phi) is 3.22. The summed E-state index contributed by atoms with van der Waals surface area (Å²) in [4.78, 5) is 0. The zero-order chi connectivity index (χ0) is 8.27. The molecular formula is C9H6ClI. The third-order valence-corrected chi connectivity index (χ3v) is 2.71. The second-order valence-corrected chi connectivity index (χ2v) is 3.65. The van der Waals surface area contributed by atoms with Crippen molar-refractivity contribution in [2.75, 3.05) is 0 Å². The maximum absolute atomic E-state index is 5.91. The number of hydrogen-bond donors (Lipinski definition) is 0. The average molecular weight is 277 g/mol. The van der Waals surface area contributed by atoms with Crippen LogP contribution in [0.5, 0.6) is 0 Å². The minimum atomic E-state index is 0.609. The molecule has 0 nitrogen and oxygen atoms in total. The molecule has 0 saturated carbocycles. The van der Waals surface area contributed by atoms with E-state index < -0.39 is 0 Å². The summed E-state index contributed by atoms with van der Waals surface area (Å²) < 4.78 is 1.13. The predicted molar refractivity (Wildman–Crippen MR) is 56.7 cm³/mol. The van der Waals surface area contributed by atoms with Gasteiger partial charge < -0.3 is 0 Å². The van der Waals surface area contributed by atoms with E-state index in [-0.39, 0.29) is 0 Å². The fraction of sp³-hybridized carbons (Fsp3) is 0.111. The van der Waals surface area contributed by atoms with Gasteiger partial charge in [0.1, 0.15) is 0 Å². The van der Waals surface area contributed by atoms with Gasteiger partial charge in [-0.15, -0.1) is 12.3 Å². The second-order valence-electron chi connectivity index (χ2n) is 2.08. The topological polar surface area (TPSA) is 0 Å². The van der Waals surface area contributed by atoms with Crippen molar-refractivity contribution >= 4 is 34.2 Å². The highest BCUT2D eigenvalue weighted by molar-refractivity contribution is 14.1. The molecule has 0 saturated heterocycles. The van der Waals surface area contributed by atoms with Crippen LogP contribution in [0.15, 0.2) is 18.2 Å². The third kappa shape index (κ3) is 2.11. The van der Waals surface area contributed by atoms with Gasteiger partial charge in [0.25, 0.3) is 0 Å². The van der Waals surface area contributed by atoms with Crippen LogP contribution in [0, 0.1) is 15.9 Å². The van der Waals surface area contributed by atoms with Gasteiger partial charge in [-0.25, -0.2) is 0 Å². The summed E-state index contributed by atoms with van der Waals surface area (Å²) in [5.74, 6) is 2.58. The Balaban J connectivity index is 3.12. The summed E-state index contributed by atoms with van der Waals surface area (Å²) >= 11 is 8.14. The summed E-state index contributed by atoms with van der Waals surface area (Å²) in [5, 5.41) is 0.759. The molecule has 0 aliphatic carbocycles. The van der Waals surface area contributed by atoms with Gasteiger partial charge in [0, 0.05) is 15.0 Å². The molecule has 0 N–H and O–H groups in total. The second kappa shape index (κ2) is 3.99. The molecular weight excluding hydrogens is 270 g/mol. The molecule has 1 rings (SSSR count). The van der Waals surface area contributed by atoms with Gasteiger partial charge in [-0.2, -0.15) is 0 Å². The van der Waals surface area contributed by atoms with E-state index in [9.17, 15) is 0 Å². The van der Waals surface area contributed by atoms with Crippen LogP contribution in [0.3, 0.4) is 0 Å². The Bertz CT molecular complexity index is 279. The van der Waals surface area contributed by atoms with Crippen LogP contribution in [0.1, 0.15) is 5.56 Å². The highest BCUT2D eigenvalue weighted by atomic mass is 127. The number of benzene rings is 1. The third-order valence-electron chi connectivity index (χ3n) is 1.34. The van der Waals surface area contributed by atoms with Crippen molar-refractivity contribution in [3.8, 4) is 12.3 Å². The molecule has 1 aromatic carbocycles. The molecule has 1 aromatic rings. The molecule has 0 amide bonds. The molecule has 0 fully saturated rings. The molecule has 0 aliphatic heterocycles. The summed E-state index contributed by atoms with van der Waals surface area (Å²) in [7, 11) is 0. The molecule has 11 heavy (non-hydrogen) atoms. The lowest BCUT2D eigenvalue weighted by Crippen LogP contribution is -1.87. The van der Waals surface area contributed by atoms with E-state index in [0.29, 0.717) is 6.42 Å².